The molecule has 0 radical (unpaired) electrons. The van der Waals surface area contributed by atoms with Crippen molar-refractivity contribution in [1.29, 1.82) is 0 Å². The Labute approximate surface area is 133 Å². The highest BCUT2D eigenvalue weighted by atomic mass is 16.5. The lowest BCUT2D eigenvalue weighted by atomic mass is 9.89. The first-order valence-corrected chi connectivity index (χ1v) is 7.82. The van der Waals surface area contributed by atoms with Crippen LogP contribution in [0.4, 0.5) is 0 Å². The Bertz CT molecular complexity index is 656. The van der Waals surface area contributed by atoms with E-state index in [2.05, 4.69) is 0 Å². The molecule has 0 saturated carbocycles. The van der Waals surface area contributed by atoms with Gasteiger partial charge in [0.05, 0.1) is 12.6 Å². The Morgan fingerprint density at radius 3 is 2.78 bits per heavy atom. The zero-order valence-corrected chi connectivity index (χ0v) is 12.5. The second-order valence-corrected chi connectivity index (χ2v) is 6.17. The number of ether oxygens (including phenoxy) is 2. The summed E-state index contributed by atoms with van der Waals surface area (Å²) < 4.78 is 11.1. The van der Waals surface area contributed by atoms with Crippen molar-refractivity contribution in [1.82, 2.24) is 10.4 Å². The number of rotatable bonds is 2. The number of hydrogen-bond donors (Lipinski definition) is 2. The number of nitrogens with one attached hydrogen (secondary N) is 1. The molecule has 2 amide bonds. The minimum atomic E-state index is -0.578. The highest BCUT2D eigenvalue weighted by Gasteiger charge is 2.51. The van der Waals surface area contributed by atoms with E-state index < -0.39 is 5.91 Å². The van der Waals surface area contributed by atoms with Crippen molar-refractivity contribution in [2.24, 2.45) is 5.92 Å². The summed E-state index contributed by atoms with van der Waals surface area (Å²) in [4.78, 5) is 26.0. The van der Waals surface area contributed by atoms with E-state index in [-0.39, 0.29) is 24.0 Å². The van der Waals surface area contributed by atoms with Crippen LogP contribution in [0.15, 0.2) is 18.2 Å². The Kier molecular flexibility index (Phi) is 3.46. The molecular weight excluding hydrogens is 300 g/mol. The molecule has 7 nitrogen and oxygen atoms in total. The molecular formula is C16H18N2O5. The van der Waals surface area contributed by atoms with Gasteiger partial charge in [-0.25, -0.2) is 5.48 Å². The van der Waals surface area contributed by atoms with Crippen molar-refractivity contribution in [3.8, 4) is 5.75 Å². The Balaban J connectivity index is 1.53. The lowest BCUT2D eigenvalue weighted by Crippen LogP contribution is -2.57. The van der Waals surface area contributed by atoms with Gasteiger partial charge >= 0.3 is 0 Å². The molecule has 23 heavy (non-hydrogen) atoms. The van der Waals surface area contributed by atoms with Crippen LogP contribution in [-0.2, 0) is 9.53 Å². The predicted octanol–water partition coefficient (Wildman–Crippen LogP) is 0.877. The number of likely N-dealkylation sites (tertiary alicyclic amines) is 1. The molecule has 7 heteroatoms. The molecule has 2 N–H and O–H groups in total. The summed E-state index contributed by atoms with van der Waals surface area (Å²) >= 11 is 0. The van der Waals surface area contributed by atoms with Crippen LogP contribution in [-0.4, -0.2) is 47.8 Å². The largest absolute Gasteiger partial charge is 0.486 e. The fraction of sp³-hybridized carbons (Fsp3) is 0.500. The predicted molar refractivity (Wildman–Crippen MR) is 78.1 cm³/mol. The third-order valence-electron chi connectivity index (χ3n) is 4.89. The zero-order valence-electron chi connectivity index (χ0n) is 12.5. The summed E-state index contributed by atoms with van der Waals surface area (Å²) in [5.74, 6) is 0.241. The molecule has 0 bridgehead atoms. The van der Waals surface area contributed by atoms with Gasteiger partial charge in [-0.2, -0.15) is 0 Å². The number of amides is 2. The molecule has 3 aliphatic rings. The SMILES string of the molecule is O=C(NO)c1ccc2c(c1)OC1CN(C(=O)C3CCOCC3)C21. The second kappa shape index (κ2) is 5.50. The van der Waals surface area contributed by atoms with Gasteiger partial charge in [0, 0.05) is 30.3 Å². The monoisotopic (exact) mass is 318 g/mol. The number of fused-ring (bicyclic) bond motifs is 3. The van der Waals surface area contributed by atoms with Gasteiger partial charge in [0.1, 0.15) is 11.9 Å². The van der Waals surface area contributed by atoms with Gasteiger partial charge in [0.2, 0.25) is 5.91 Å². The van der Waals surface area contributed by atoms with Crippen LogP contribution in [0.5, 0.6) is 5.75 Å². The van der Waals surface area contributed by atoms with E-state index in [1.807, 2.05) is 4.90 Å². The van der Waals surface area contributed by atoms with Gasteiger partial charge in [0.15, 0.2) is 0 Å². The van der Waals surface area contributed by atoms with E-state index in [1.165, 1.54) is 0 Å². The smallest absolute Gasteiger partial charge is 0.274 e. The van der Waals surface area contributed by atoms with Gasteiger partial charge in [0.25, 0.3) is 5.91 Å². The van der Waals surface area contributed by atoms with Crippen molar-refractivity contribution in [3.05, 3.63) is 29.3 Å². The van der Waals surface area contributed by atoms with Crippen LogP contribution in [0, 0.1) is 5.92 Å². The fourth-order valence-electron chi connectivity index (χ4n) is 3.60. The van der Waals surface area contributed by atoms with E-state index in [0.29, 0.717) is 31.1 Å². The van der Waals surface area contributed by atoms with Crippen LogP contribution in [0.2, 0.25) is 0 Å². The summed E-state index contributed by atoms with van der Waals surface area (Å²) in [6.07, 6.45) is 1.51. The first-order chi connectivity index (χ1) is 11.2. The van der Waals surface area contributed by atoms with Crippen molar-refractivity contribution >= 4 is 11.8 Å². The van der Waals surface area contributed by atoms with Gasteiger partial charge < -0.3 is 14.4 Å². The number of nitrogens with zero attached hydrogens (tertiary/aromatic N) is 1. The Morgan fingerprint density at radius 2 is 2.04 bits per heavy atom. The number of hydrogen-bond acceptors (Lipinski definition) is 5. The first kappa shape index (κ1) is 14.5. The summed E-state index contributed by atoms with van der Waals surface area (Å²) in [7, 11) is 0. The lowest BCUT2D eigenvalue weighted by molar-refractivity contribution is -0.153. The average molecular weight is 318 g/mol. The molecule has 2 atom stereocenters. The quantitative estimate of drug-likeness (QED) is 0.624. The molecule has 2 fully saturated rings. The summed E-state index contributed by atoms with van der Waals surface area (Å²) in [5.41, 5.74) is 2.87. The standard InChI is InChI=1S/C16H18N2O5/c19-15(17-21)10-1-2-11-12(7-10)23-13-8-18(14(11)13)16(20)9-3-5-22-6-4-9/h1-2,7,9,13-14,21H,3-6,8H2,(H,17,19). The maximum absolute atomic E-state index is 12.7. The van der Waals surface area contributed by atoms with Crippen molar-refractivity contribution in [3.63, 3.8) is 0 Å². The highest BCUT2D eigenvalue weighted by Crippen LogP contribution is 2.47. The number of carbonyl (C=O) groups is 2. The van der Waals surface area contributed by atoms with Crippen LogP contribution in [0.1, 0.15) is 34.8 Å². The van der Waals surface area contributed by atoms with Crippen LogP contribution < -0.4 is 10.2 Å². The Hall–Kier alpha value is -2.12. The van der Waals surface area contributed by atoms with E-state index in [9.17, 15) is 9.59 Å². The maximum atomic E-state index is 12.7. The molecule has 1 aromatic rings. The molecule has 4 rings (SSSR count). The minimum Gasteiger partial charge on any atom is -0.486 e. The van der Waals surface area contributed by atoms with Gasteiger partial charge in [-0.05, 0) is 25.0 Å². The summed E-state index contributed by atoms with van der Waals surface area (Å²) in [6.45, 7) is 1.87. The highest BCUT2D eigenvalue weighted by molar-refractivity contribution is 5.94. The van der Waals surface area contributed by atoms with Gasteiger partial charge in [-0.3, -0.25) is 14.8 Å². The topological polar surface area (TPSA) is 88.1 Å². The summed E-state index contributed by atoms with van der Waals surface area (Å²) in [6, 6.07) is 4.97. The van der Waals surface area contributed by atoms with Gasteiger partial charge in [-0.1, -0.05) is 6.07 Å². The minimum absolute atomic E-state index is 0.0354. The number of carbonyl (C=O) groups excluding carboxylic acids is 2. The molecule has 122 valence electrons. The van der Waals surface area contributed by atoms with Crippen molar-refractivity contribution < 1.29 is 24.3 Å². The molecule has 1 aromatic carbocycles. The van der Waals surface area contributed by atoms with Gasteiger partial charge in [-0.15, -0.1) is 0 Å². The first-order valence-electron chi connectivity index (χ1n) is 7.82. The number of benzene rings is 1. The van der Waals surface area contributed by atoms with E-state index in [0.717, 1.165) is 18.4 Å². The van der Waals surface area contributed by atoms with E-state index >= 15 is 0 Å². The molecule has 3 aliphatic heterocycles. The van der Waals surface area contributed by atoms with Crippen LogP contribution in [0.3, 0.4) is 0 Å². The number of hydroxylamine groups is 1. The fourth-order valence-corrected chi connectivity index (χ4v) is 3.60. The van der Waals surface area contributed by atoms with Crippen LogP contribution >= 0.6 is 0 Å². The van der Waals surface area contributed by atoms with E-state index in [1.54, 1.807) is 23.7 Å². The normalized spacial score (nSPS) is 25.9. The second-order valence-electron chi connectivity index (χ2n) is 6.17. The van der Waals surface area contributed by atoms with Crippen LogP contribution in [0.25, 0.3) is 0 Å². The molecule has 2 unspecified atom stereocenters. The molecule has 0 aromatic heterocycles. The molecule has 2 saturated heterocycles. The third-order valence-corrected chi connectivity index (χ3v) is 4.89. The summed E-state index contributed by atoms with van der Waals surface area (Å²) in [5, 5.41) is 8.71. The zero-order chi connectivity index (χ0) is 16.0. The van der Waals surface area contributed by atoms with E-state index in [4.69, 9.17) is 14.7 Å². The molecule has 3 heterocycles. The third kappa shape index (κ3) is 2.27. The Morgan fingerprint density at radius 1 is 1.26 bits per heavy atom. The lowest BCUT2D eigenvalue weighted by Gasteiger charge is -2.44. The average Bonchev–Trinajstić information content (AvgIpc) is 2.86. The molecule has 0 spiro atoms. The van der Waals surface area contributed by atoms with Crippen molar-refractivity contribution in [2.75, 3.05) is 19.8 Å². The molecule has 0 aliphatic carbocycles. The van der Waals surface area contributed by atoms with Crippen molar-refractivity contribution in [2.45, 2.75) is 25.0 Å². The maximum Gasteiger partial charge on any atom is 0.274 e.